The molecule has 2 radical (unpaired) electrons. The number of hydrogen-bond donors (Lipinski definition) is 0. The predicted molar refractivity (Wildman–Crippen MR) is 128 cm³/mol. The molecule has 3 rings (SSSR count). The van der Waals surface area contributed by atoms with Crippen LogP contribution in [0.15, 0.2) is 0 Å². The lowest BCUT2D eigenvalue weighted by Crippen LogP contribution is -2.18. The second-order valence-electron chi connectivity index (χ2n) is 10.7. The molecule has 0 amide bonds. The summed E-state index contributed by atoms with van der Waals surface area (Å²) in [5.74, 6) is 3.71. The standard InChI is InChI=1S/C26H48B2/c1-2-5-11-17-23(16-10-4-1)27-25-20-14-8-9-15-21-26(22-25)28-24-18-12-6-3-7-13-19-24/h23-26H,1-22H2. The van der Waals surface area contributed by atoms with Crippen LogP contribution in [0, 0.1) is 0 Å². The molecule has 0 bridgehead atoms. The summed E-state index contributed by atoms with van der Waals surface area (Å²) in [4.78, 5) is 0. The van der Waals surface area contributed by atoms with Crippen LogP contribution < -0.4 is 0 Å². The summed E-state index contributed by atoms with van der Waals surface area (Å²) in [7, 11) is 5.79. The number of hydrogen-bond acceptors (Lipinski definition) is 0. The second kappa shape index (κ2) is 14.2. The maximum absolute atomic E-state index is 2.90. The maximum Gasteiger partial charge on any atom is 0.117 e. The van der Waals surface area contributed by atoms with E-state index < -0.39 is 0 Å². The van der Waals surface area contributed by atoms with Crippen LogP contribution >= 0.6 is 0 Å². The molecule has 0 aliphatic heterocycles. The van der Waals surface area contributed by atoms with Crippen LogP contribution in [0.4, 0.5) is 0 Å². The summed E-state index contributed by atoms with van der Waals surface area (Å²) in [5.41, 5.74) is 0. The molecule has 158 valence electrons. The Morgan fingerprint density at radius 1 is 0.286 bits per heavy atom. The molecule has 0 N–H and O–H groups in total. The monoisotopic (exact) mass is 382 g/mol. The maximum atomic E-state index is 2.90. The van der Waals surface area contributed by atoms with Crippen molar-refractivity contribution >= 4 is 14.6 Å². The molecule has 0 nitrogen and oxygen atoms in total. The Balaban J connectivity index is 1.52. The van der Waals surface area contributed by atoms with E-state index in [1.807, 2.05) is 0 Å². The molecule has 0 aromatic carbocycles. The molecule has 3 aliphatic rings. The first-order valence-corrected chi connectivity index (χ1v) is 13.6. The fourth-order valence-electron chi connectivity index (χ4n) is 6.45. The highest BCUT2D eigenvalue weighted by Crippen LogP contribution is 2.40. The van der Waals surface area contributed by atoms with Gasteiger partial charge in [0.15, 0.2) is 0 Å². The lowest BCUT2D eigenvalue weighted by Gasteiger charge is -2.28. The Kier molecular flexibility index (Phi) is 11.6. The van der Waals surface area contributed by atoms with Gasteiger partial charge in [0, 0.05) is 0 Å². The molecule has 3 fully saturated rings. The molecule has 28 heavy (non-hydrogen) atoms. The van der Waals surface area contributed by atoms with E-state index in [0.717, 1.165) is 23.3 Å². The van der Waals surface area contributed by atoms with Crippen LogP contribution in [-0.2, 0) is 0 Å². The minimum atomic E-state index is 0.915. The molecule has 2 atom stereocenters. The molecular weight excluding hydrogens is 334 g/mol. The van der Waals surface area contributed by atoms with E-state index in [1.165, 1.54) is 141 Å². The van der Waals surface area contributed by atoms with E-state index in [9.17, 15) is 0 Å². The summed E-state index contributed by atoms with van der Waals surface area (Å²) in [6, 6.07) is 0. The van der Waals surface area contributed by atoms with Crippen LogP contribution in [-0.4, -0.2) is 14.6 Å². The van der Waals surface area contributed by atoms with E-state index in [4.69, 9.17) is 0 Å². The van der Waals surface area contributed by atoms with Gasteiger partial charge in [0.1, 0.15) is 14.6 Å². The fourth-order valence-corrected chi connectivity index (χ4v) is 6.45. The van der Waals surface area contributed by atoms with Crippen LogP contribution in [0.3, 0.4) is 0 Å². The van der Waals surface area contributed by atoms with Gasteiger partial charge in [0.05, 0.1) is 0 Å². The second-order valence-corrected chi connectivity index (χ2v) is 10.7. The van der Waals surface area contributed by atoms with Crippen molar-refractivity contribution in [1.82, 2.24) is 0 Å². The summed E-state index contributed by atoms with van der Waals surface area (Å²) in [6.07, 6.45) is 32.8. The third-order valence-electron chi connectivity index (χ3n) is 8.14. The van der Waals surface area contributed by atoms with Gasteiger partial charge in [0.2, 0.25) is 0 Å². The van der Waals surface area contributed by atoms with Gasteiger partial charge < -0.3 is 0 Å². The van der Waals surface area contributed by atoms with Crippen molar-refractivity contribution in [2.24, 2.45) is 0 Å². The summed E-state index contributed by atoms with van der Waals surface area (Å²) < 4.78 is 0. The summed E-state index contributed by atoms with van der Waals surface area (Å²) in [6.45, 7) is 0. The highest BCUT2D eigenvalue weighted by Gasteiger charge is 2.25. The summed E-state index contributed by atoms with van der Waals surface area (Å²) in [5, 5.41) is 0. The van der Waals surface area contributed by atoms with Gasteiger partial charge in [-0.05, 0) is 0 Å². The van der Waals surface area contributed by atoms with Crippen LogP contribution in [0.25, 0.3) is 0 Å². The van der Waals surface area contributed by atoms with Gasteiger partial charge in [-0.1, -0.05) is 165 Å². The van der Waals surface area contributed by atoms with Crippen LogP contribution in [0.5, 0.6) is 0 Å². The topological polar surface area (TPSA) is 0 Å². The Labute approximate surface area is 179 Å². The zero-order chi connectivity index (χ0) is 19.3. The van der Waals surface area contributed by atoms with Crippen LogP contribution in [0.2, 0.25) is 23.3 Å². The van der Waals surface area contributed by atoms with Gasteiger partial charge in [-0.3, -0.25) is 0 Å². The predicted octanol–water partition coefficient (Wildman–Crippen LogP) is 9.17. The first-order chi connectivity index (χ1) is 13.9. The van der Waals surface area contributed by atoms with Crippen molar-refractivity contribution < 1.29 is 0 Å². The minimum absolute atomic E-state index is 0.915. The SMILES string of the molecule is [B](C1CCCCCCCC1)C1CCCCCCC([B]C2CCCCCCC2)C1. The molecule has 0 aromatic heterocycles. The van der Waals surface area contributed by atoms with Crippen molar-refractivity contribution in [2.45, 2.75) is 165 Å². The summed E-state index contributed by atoms with van der Waals surface area (Å²) >= 11 is 0. The highest BCUT2D eigenvalue weighted by molar-refractivity contribution is 6.42. The van der Waals surface area contributed by atoms with Crippen molar-refractivity contribution in [3.8, 4) is 0 Å². The van der Waals surface area contributed by atoms with Crippen molar-refractivity contribution in [1.29, 1.82) is 0 Å². The van der Waals surface area contributed by atoms with Crippen molar-refractivity contribution in [3.63, 3.8) is 0 Å². The molecule has 0 spiro atoms. The molecule has 3 saturated carbocycles. The first kappa shape index (κ1) is 22.8. The van der Waals surface area contributed by atoms with Crippen molar-refractivity contribution in [2.75, 3.05) is 0 Å². The van der Waals surface area contributed by atoms with E-state index in [1.54, 1.807) is 0 Å². The smallest absolute Gasteiger partial charge is 0.0690 e. The molecule has 2 unspecified atom stereocenters. The van der Waals surface area contributed by atoms with Gasteiger partial charge in [-0.2, -0.15) is 0 Å². The molecule has 0 heterocycles. The molecule has 3 aliphatic carbocycles. The van der Waals surface area contributed by atoms with Gasteiger partial charge in [-0.25, -0.2) is 0 Å². The van der Waals surface area contributed by atoms with E-state index in [2.05, 4.69) is 14.6 Å². The van der Waals surface area contributed by atoms with Crippen molar-refractivity contribution in [3.05, 3.63) is 0 Å². The molecule has 2 heteroatoms. The lowest BCUT2D eigenvalue weighted by molar-refractivity contribution is 0.494. The quantitative estimate of drug-likeness (QED) is 0.425. The fraction of sp³-hybridized carbons (Fsp3) is 1.00. The van der Waals surface area contributed by atoms with Gasteiger partial charge in [0.25, 0.3) is 0 Å². The Hall–Kier alpha value is 0.130. The molecular formula is C26H48B2. The minimum Gasteiger partial charge on any atom is -0.0690 e. The highest BCUT2D eigenvalue weighted by atomic mass is 14.2. The van der Waals surface area contributed by atoms with Crippen LogP contribution in [0.1, 0.15) is 141 Å². The van der Waals surface area contributed by atoms with E-state index in [-0.39, 0.29) is 0 Å². The Morgan fingerprint density at radius 3 is 0.857 bits per heavy atom. The third-order valence-corrected chi connectivity index (χ3v) is 8.14. The Bertz CT molecular complexity index is 365. The van der Waals surface area contributed by atoms with Gasteiger partial charge >= 0.3 is 0 Å². The van der Waals surface area contributed by atoms with Gasteiger partial charge in [-0.15, -0.1) is 0 Å². The van der Waals surface area contributed by atoms with E-state index in [0.29, 0.717) is 0 Å². The average molecular weight is 382 g/mol. The largest absolute Gasteiger partial charge is 0.117 e. The molecule has 0 aromatic rings. The first-order valence-electron chi connectivity index (χ1n) is 13.6. The third kappa shape index (κ3) is 9.30. The van der Waals surface area contributed by atoms with E-state index >= 15 is 0 Å². The molecule has 0 saturated heterocycles. The number of rotatable bonds is 4. The zero-order valence-electron chi connectivity index (χ0n) is 19.0. The lowest BCUT2D eigenvalue weighted by atomic mass is 9.44. The average Bonchev–Trinajstić information content (AvgIpc) is 2.86. The zero-order valence-corrected chi connectivity index (χ0v) is 19.0. The normalized spacial score (nSPS) is 31.0. The Morgan fingerprint density at radius 2 is 0.536 bits per heavy atom.